The van der Waals surface area contributed by atoms with Gasteiger partial charge < -0.3 is 4.74 Å². The minimum Gasteiger partial charge on any atom is -0.483 e. The molecule has 1 unspecified atom stereocenters. The van der Waals surface area contributed by atoms with Crippen LogP contribution >= 0.6 is 0 Å². The summed E-state index contributed by atoms with van der Waals surface area (Å²) in [6, 6.07) is 0.110. The van der Waals surface area contributed by atoms with Crippen molar-refractivity contribution in [1.29, 1.82) is 0 Å². The lowest BCUT2D eigenvalue weighted by Crippen LogP contribution is -2.24. The van der Waals surface area contributed by atoms with Gasteiger partial charge >= 0.3 is 0 Å². The summed E-state index contributed by atoms with van der Waals surface area (Å²) < 4.78 is 4.99. The smallest absolute Gasteiger partial charge is 0.208 e. The second-order valence-electron chi connectivity index (χ2n) is 2.40. The summed E-state index contributed by atoms with van der Waals surface area (Å²) in [5, 5.41) is 0. The number of ether oxygens (including phenoxy) is 1. The van der Waals surface area contributed by atoms with Crippen molar-refractivity contribution >= 4 is 11.6 Å². The van der Waals surface area contributed by atoms with E-state index in [1.807, 2.05) is 13.8 Å². The summed E-state index contributed by atoms with van der Waals surface area (Å²) in [6.45, 7) is 4.64. The standard InChI is InChI=1S/C7H12N2O/c1-5-4-8-7(10-3)6(2)9-5/h6H,4H2,1-3H3. The maximum Gasteiger partial charge on any atom is 0.208 e. The van der Waals surface area contributed by atoms with E-state index in [1.165, 1.54) is 0 Å². The molecule has 1 aliphatic rings. The zero-order chi connectivity index (χ0) is 7.56. The molecule has 0 aliphatic carbocycles. The Bertz CT molecular complexity index is 184. The van der Waals surface area contributed by atoms with E-state index in [1.54, 1.807) is 7.11 Å². The predicted octanol–water partition coefficient (Wildman–Crippen LogP) is 0.894. The Hall–Kier alpha value is -0.860. The van der Waals surface area contributed by atoms with Crippen LogP contribution in [-0.4, -0.2) is 31.3 Å². The first kappa shape index (κ1) is 7.25. The van der Waals surface area contributed by atoms with Crippen molar-refractivity contribution in [3.8, 4) is 0 Å². The lowest BCUT2D eigenvalue weighted by molar-refractivity contribution is 0.381. The molecule has 0 aromatic rings. The average molecular weight is 140 g/mol. The molecule has 0 amide bonds. The number of rotatable bonds is 0. The summed E-state index contributed by atoms with van der Waals surface area (Å²) in [5.41, 5.74) is 1.08. The van der Waals surface area contributed by atoms with Crippen LogP contribution in [0.4, 0.5) is 0 Å². The van der Waals surface area contributed by atoms with Gasteiger partial charge in [0.2, 0.25) is 5.90 Å². The Morgan fingerprint density at radius 3 is 2.80 bits per heavy atom. The molecule has 0 bridgehead atoms. The molecule has 0 spiro atoms. The quantitative estimate of drug-likeness (QED) is 0.492. The topological polar surface area (TPSA) is 34.0 Å². The number of aliphatic imine (C=N–C) groups is 2. The summed E-state index contributed by atoms with van der Waals surface area (Å²) in [5.74, 6) is 0.741. The molecular formula is C7H12N2O. The van der Waals surface area contributed by atoms with Crippen molar-refractivity contribution < 1.29 is 4.74 Å². The van der Waals surface area contributed by atoms with Gasteiger partial charge in [-0.25, -0.2) is 4.99 Å². The van der Waals surface area contributed by atoms with Crippen LogP contribution in [0.25, 0.3) is 0 Å². The molecule has 1 aliphatic heterocycles. The van der Waals surface area contributed by atoms with Crippen LogP contribution in [0, 0.1) is 0 Å². The molecule has 3 heteroatoms. The number of hydrogen-bond donors (Lipinski definition) is 0. The SMILES string of the molecule is COC1=NCC(C)=NC1C. The number of nitrogens with zero attached hydrogens (tertiary/aromatic N) is 2. The highest BCUT2D eigenvalue weighted by molar-refractivity contribution is 5.94. The van der Waals surface area contributed by atoms with Crippen LogP contribution < -0.4 is 0 Å². The van der Waals surface area contributed by atoms with Gasteiger partial charge in [0.05, 0.1) is 13.7 Å². The first-order valence-corrected chi connectivity index (χ1v) is 3.35. The van der Waals surface area contributed by atoms with Crippen LogP contribution in [0.2, 0.25) is 0 Å². The van der Waals surface area contributed by atoms with Crippen LogP contribution in [0.15, 0.2) is 9.98 Å². The Kier molecular flexibility index (Phi) is 2.04. The second-order valence-corrected chi connectivity index (χ2v) is 2.40. The average Bonchev–Trinajstić information content (AvgIpc) is 1.88. The highest BCUT2D eigenvalue weighted by atomic mass is 16.5. The zero-order valence-electron chi connectivity index (χ0n) is 6.59. The molecular weight excluding hydrogens is 128 g/mol. The largest absolute Gasteiger partial charge is 0.483 e. The van der Waals surface area contributed by atoms with Crippen LogP contribution in [-0.2, 0) is 4.74 Å². The van der Waals surface area contributed by atoms with E-state index in [9.17, 15) is 0 Å². The van der Waals surface area contributed by atoms with E-state index in [-0.39, 0.29) is 6.04 Å². The lowest BCUT2D eigenvalue weighted by Gasteiger charge is -2.14. The molecule has 0 aromatic heterocycles. The molecule has 0 aromatic carbocycles. The molecule has 0 N–H and O–H groups in total. The highest BCUT2D eigenvalue weighted by Gasteiger charge is 2.13. The Morgan fingerprint density at radius 2 is 2.30 bits per heavy atom. The molecule has 0 radical (unpaired) electrons. The van der Waals surface area contributed by atoms with E-state index >= 15 is 0 Å². The van der Waals surface area contributed by atoms with Crippen LogP contribution in [0.3, 0.4) is 0 Å². The van der Waals surface area contributed by atoms with Crippen molar-refractivity contribution in [1.82, 2.24) is 0 Å². The van der Waals surface area contributed by atoms with Gasteiger partial charge in [-0.05, 0) is 13.8 Å². The van der Waals surface area contributed by atoms with Crippen molar-refractivity contribution in [3.63, 3.8) is 0 Å². The van der Waals surface area contributed by atoms with Crippen LogP contribution in [0.5, 0.6) is 0 Å². The van der Waals surface area contributed by atoms with Gasteiger partial charge in [-0.3, -0.25) is 4.99 Å². The molecule has 0 saturated carbocycles. The third-order valence-electron chi connectivity index (χ3n) is 1.44. The van der Waals surface area contributed by atoms with E-state index in [4.69, 9.17) is 4.74 Å². The summed E-state index contributed by atoms with van der Waals surface area (Å²) >= 11 is 0. The Morgan fingerprint density at radius 1 is 1.60 bits per heavy atom. The monoisotopic (exact) mass is 140 g/mol. The molecule has 10 heavy (non-hydrogen) atoms. The van der Waals surface area contributed by atoms with Crippen LogP contribution in [0.1, 0.15) is 13.8 Å². The highest BCUT2D eigenvalue weighted by Crippen LogP contribution is 2.02. The minimum atomic E-state index is 0.110. The number of hydrogen-bond acceptors (Lipinski definition) is 3. The summed E-state index contributed by atoms with van der Waals surface area (Å²) in [7, 11) is 1.63. The third-order valence-corrected chi connectivity index (χ3v) is 1.44. The normalized spacial score (nSPS) is 25.3. The van der Waals surface area contributed by atoms with Gasteiger partial charge in [-0.1, -0.05) is 0 Å². The molecule has 56 valence electrons. The summed E-state index contributed by atoms with van der Waals surface area (Å²) in [6.07, 6.45) is 0. The zero-order valence-corrected chi connectivity index (χ0v) is 6.59. The minimum absolute atomic E-state index is 0.110. The fourth-order valence-corrected chi connectivity index (χ4v) is 0.986. The maximum atomic E-state index is 4.99. The van der Waals surface area contributed by atoms with Gasteiger partial charge in [0, 0.05) is 5.71 Å². The van der Waals surface area contributed by atoms with Gasteiger partial charge in [0.25, 0.3) is 0 Å². The van der Waals surface area contributed by atoms with Gasteiger partial charge in [0.15, 0.2) is 0 Å². The van der Waals surface area contributed by atoms with E-state index < -0.39 is 0 Å². The van der Waals surface area contributed by atoms with Gasteiger partial charge in [-0.15, -0.1) is 0 Å². The Balaban J connectivity index is 2.66. The van der Waals surface area contributed by atoms with Crippen molar-refractivity contribution in [3.05, 3.63) is 0 Å². The van der Waals surface area contributed by atoms with E-state index in [2.05, 4.69) is 9.98 Å². The molecule has 0 saturated heterocycles. The summed E-state index contributed by atoms with van der Waals surface area (Å²) in [4.78, 5) is 8.47. The van der Waals surface area contributed by atoms with E-state index in [0.29, 0.717) is 6.54 Å². The lowest BCUT2D eigenvalue weighted by atomic mass is 10.3. The number of methoxy groups -OCH3 is 1. The van der Waals surface area contributed by atoms with Gasteiger partial charge in [0.1, 0.15) is 6.04 Å². The van der Waals surface area contributed by atoms with Crippen molar-refractivity contribution in [2.24, 2.45) is 9.98 Å². The van der Waals surface area contributed by atoms with Gasteiger partial charge in [-0.2, -0.15) is 0 Å². The second kappa shape index (κ2) is 2.82. The molecule has 1 heterocycles. The van der Waals surface area contributed by atoms with Crippen molar-refractivity contribution in [2.45, 2.75) is 19.9 Å². The first-order chi connectivity index (χ1) is 4.74. The fraction of sp³-hybridized carbons (Fsp3) is 0.714. The van der Waals surface area contributed by atoms with E-state index in [0.717, 1.165) is 11.6 Å². The first-order valence-electron chi connectivity index (χ1n) is 3.35. The molecule has 1 atom stereocenters. The maximum absolute atomic E-state index is 4.99. The molecule has 1 rings (SSSR count). The Labute approximate surface area is 60.8 Å². The van der Waals surface area contributed by atoms with Crippen molar-refractivity contribution in [2.75, 3.05) is 13.7 Å². The predicted molar refractivity (Wildman–Crippen MR) is 41.9 cm³/mol. The fourth-order valence-electron chi connectivity index (χ4n) is 0.986. The molecule has 3 nitrogen and oxygen atoms in total. The molecule has 0 fully saturated rings. The third kappa shape index (κ3) is 1.35.